The lowest BCUT2D eigenvalue weighted by Gasteiger charge is -2.34. The summed E-state index contributed by atoms with van der Waals surface area (Å²) in [5.41, 5.74) is -0.405. The Bertz CT molecular complexity index is 1400. The maximum atomic E-state index is 13.3. The Kier molecular flexibility index (Phi) is 6.35. The zero-order valence-electron chi connectivity index (χ0n) is 19.1. The van der Waals surface area contributed by atoms with Crippen molar-refractivity contribution in [1.82, 2.24) is 34.8 Å². The number of nitrogens with zero attached hydrogens (tertiary/aromatic N) is 6. The summed E-state index contributed by atoms with van der Waals surface area (Å²) in [4.78, 5) is 36.2. The van der Waals surface area contributed by atoms with Crippen LogP contribution in [0.2, 0.25) is 0 Å². The molecule has 0 unspecified atom stereocenters. The van der Waals surface area contributed by atoms with Crippen LogP contribution >= 0.6 is 0 Å². The fraction of sp³-hybridized carbons (Fsp3) is 0.409. The first kappa shape index (κ1) is 23.8. The number of ether oxygens (including phenoxy) is 1. The number of fused-ring (bicyclic) bond motifs is 2. The van der Waals surface area contributed by atoms with Crippen LogP contribution in [0.25, 0.3) is 21.9 Å². The highest BCUT2D eigenvalue weighted by atomic mass is 19.4. The van der Waals surface area contributed by atoms with E-state index in [0.29, 0.717) is 26.2 Å². The smallest absolute Gasteiger partial charge is 0.379 e. The van der Waals surface area contributed by atoms with E-state index in [2.05, 4.69) is 25.1 Å². The average molecular weight is 504 g/mol. The lowest BCUT2D eigenvalue weighted by atomic mass is 10.2. The molecule has 2 N–H and O–H groups in total. The summed E-state index contributed by atoms with van der Waals surface area (Å²) in [6.07, 6.45) is -3.51. The van der Waals surface area contributed by atoms with E-state index < -0.39 is 22.8 Å². The molecule has 1 saturated heterocycles. The second kappa shape index (κ2) is 9.60. The Labute approximate surface area is 201 Å². The number of carbonyl (C=O) groups excluding carboxylic acids is 1. The molecule has 11 nitrogen and oxygen atoms in total. The molecule has 1 amide bonds. The Balaban J connectivity index is 1.09. The predicted molar refractivity (Wildman–Crippen MR) is 123 cm³/mol. The molecule has 4 heterocycles. The van der Waals surface area contributed by atoms with Gasteiger partial charge in [-0.25, -0.2) is 10.1 Å². The SMILES string of the molecule is O=C(CCOCCn1nc(C(F)(F)F)c2c(=O)[nH]ncc21)N1CCN(c2nc3ccccc3[nH]2)CC1. The van der Waals surface area contributed by atoms with Crippen molar-refractivity contribution in [2.24, 2.45) is 0 Å². The first-order chi connectivity index (χ1) is 17.3. The Morgan fingerprint density at radius 2 is 1.89 bits per heavy atom. The maximum absolute atomic E-state index is 13.3. The highest BCUT2D eigenvalue weighted by molar-refractivity contribution is 5.80. The van der Waals surface area contributed by atoms with Crippen LogP contribution in [0.4, 0.5) is 19.1 Å². The van der Waals surface area contributed by atoms with E-state index in [1.165, 1.54) is 0 Å². The number of para-hydroxylation sites is 2. The van der Waals surface area contributed by atoms with E-state index in [1.807, 2.05) is 29.4 Å². The van der Waals surface area contributed by atoms with Crippen LogP contribution in [-0.2, 0) is 22.3 Å². The lowest BCUT2D eigenvalue weighted by molar-refractivity contribution is -0.140. The van der Waals surface area contributed by atoms with Gasteiger partial charge in [-0.15, -0.1) is 0 Å². The van der Waals surface area contributed by atoms with Crippen molar-refractivity contribution in [3.63, 3.8) is 0 Å². The van der Waals surface area contributed by atoms with Gasteiger partial charge >= 0.3 is 6.18 Å². The van der Waals surface area contributed by atoms with Crippen molar-refractivity contribution >= 4 is 33.8 Å². The molecule has 1 aliphatic heterocycles. The monoisotopic (exact) mass is 504 g/mol. The summed E-state index contributed by atoms with van der Waals surface area (Å²) in [5.74, 6) is 0.725. The molecule has 1 aliphatic rings. The average Bonchev–Trinajstić information content (AvgIpc) is 3.46. The van der Waals surface area contributed by atoms with Gasteiger partial charge in [-0.3, -0.25) is 14.3 Å². The molecule has 14 heteroatoms. The summed E-state index contributed by atoms with van der Waals surface area (Å²) in [6.45, 7) is 2.51. The Morgan fingerprint density at radius 3 is 2.64 bits per heavy atom. The quantitative estimate of drug-likeness (QED) is 0.368. The molecule has 3 aromatic heterocycles. The van der Waals surface area contributed by atoms with Crippen molar-refractivity contribution in [3.8, 4) is 0 Å². The van der Waals surface area contributed by atoms with Crippen LogP contribution in [0.15, 0.2) is 35.3 Å². The molecule has 0 radical (unpaired) electrons. The number of hydrogen-bond donors (Lipinski definition) is 2. The van der Waals surface area contributed by atoms with Crippen LogP contribution in [0.5, 0.6) is 0 Å². The molecule has 1 aromatic carbocycles. The molecule has 0 spiro atoms. The number of aromatic nitrogens is 6. The minimum atomic E-state index is -4.78. The predicted octanol–water partition coefficient (Wildman–Crippen LogP) is 1.77. The van der Waals surface area contributed by atoms with Crippen LogP contribution in [0, 0.1) is 0 Å². The molecular weight excluding hydrogens is 481 g/mol. The van der Waals surface area contributed by atoms with Gasteiger partial charge in [-0.2, -0.15) is 23.4 Å². The number of amides is 1. The fourth-order valence-electron chi connectivity index (χ4n) is 4.23. The first-order valence-electron chi connectivity index (χ1n) is 11.4. The number of alkyl halides is 3. The number of rotatable bonds is 7. The van der Waals surface area contributed by atoms with Crippen molar-refractivity contribution in [3.05, 3.63) is 46.5 Å². The number of halogens is 3. The maximum Gasteiger partial charge on any atom is 0.435 e. The van der Waals surface area contributed by atoms with Crippen molar-refractivity contribution in [2.45, 2.75) is 19.1 Å². The van der Waals surface area contributed by atoms with E-state index in [1.54, 1.807) is 4.90 Å². The third-order valence-corrected chi connectivity index (χ3v) is 6.06. The molecule has 190 valence electrons. The molecule has 1 fully saturated rings. The zero-order valence-corrected chi connectivity index (χ0v) is 19.1. The molecule has 0 atom stereocenters. The topological polar surface area (TPSA) is 125 Å². The number of benzene rings is 1. The number of H-pyrrole nitrogens is 2. The molecule has 5 rings (SSSR count). The number of carbonyl (C=O) groups is 1. The summed E-state index contributed by atoms with van der Waals surface area (Å²) in [6, 6.07) is 7.78. The lowest BCUT2D eigenvalue weighted by Crippen LogP contribution is -2.49. The van der Waals surface area contributed by atoms with Gasteiger partial charge in [0.1, 0.15) is 5.39 Å². The zero-order chi connectivity index (χ0) is 25.3. The molecule has 0 aliphatic carbocycles. The van der Waals surface area contributed by atoms with Gasteiger partial charge in [0.05, 0.1) is 48.9 Å². The molecular formula is C22H23F3N8O3. The fourth-order valence-corrected chi connectivity index (χ4v) is 4.23. The van der Waals surface area contributed by atoms with Gasteiger partial charge < -0.3 is 19.5 Å². The third kappa shape index (κ3) is 4.76. The van der Waals surface area contributed by atoms with E-state index in [-0.39, 0.29) is 37.6 Å². The second-order valence-corrected chi connectivity index (χ2v) is 8.34. The third-order valence-electron chi connectivity index (χ3n) is 6.06. The summed E-state index contributed by atoms with van der Waals surface area (Å²) in [5, 5.41) is 8.53. The minimum absolute atomic E-state index is 0.0218. The van der Waals surface area contributed by atoms with E-state index in [4.69, 9.17) is 4.74 Å². The van der Waals surface area contributed by atoms with Crippen molar-refractivity contribution < 1.29 is 22.7 Å². The van der Waals surface area contributed by atoms with Gasteiger partial charge in [0.25, 0.3) is 5.56 Å². The normalized spacial score (nSPS) is 14.8. The van der Waals surface area contributed by atoms with Crippen molar-refractivity contribution in [2.75, 3.05) is 44.3 Å². The molecule has 0 bridgehead atoms. The van der Waals surface area contributed by atoms with E-state index in [0.717, 1.165) is 27.9 Å². The number of imidazole rings is 1. The highest BCUT2D eigenvalue weighted by Crippen LogP contribution is 2.32. The first-order valence-corrected chi connectivity index (χ1v) is 11.4. The van der Waals surface area contributed by atoms with Gasteiger partial charge in [-0.05, 0) is 12.1 Å². The van der Waals surface area contributed by atoms with Crippen molar-refractivity contribution in [1.29, 1.82) is 0 Å². The molecule has 0 saturated carbocycles. The number of nitrogens with one attached hydrogen (secondary N) is 2. The van der Waals surface area contributed by atoms with Crippen LogP contribution < -0.4 is 10.5 Å². The van der Waals surface area contributed by atoms with Gasteiger partial charge in [0, 0.05) is 26.2 Å². The number of aromatic amines is 2. The van der Waals surface area contributed by atoms with Gasteiger partial charge in [0.2, 0.25) is 11.9 Å². The minimum Gasteiger partial charge on any atom is -0.379 e. The van der Waals surface area contributed by atoms with Gasteiger partial charge in [-0.1, -0.05) is 12.1 Å². The number of anilines is 1. The largest absolute Gasteiger partial charge is 0.435 e. The van der Waals surface area contributed by atoms with Crippen LogP contribution in [0.1, 0.15) is 12.1 Å². The summed E-state index contributed by atoms with van der Waals surface area (Å²) in [7, 11) is 0. The second-order valence-electron chi connectivity index (χ2n) is 8.34. The van der Waals surface area contributed by atoms with E-state index in [9.17, 15) is 22.8 Å². The standard InChI is InChI=1S/C22H23F3N8O3/c23-22(24,25)19-18-16(13-26-29-20(18)35)33(30-19)10-12-36-11-5-17(34)31-6-8-32(9-7-31)21-27-14-3-1-2-4-15(14)28-21/h1-4,13H,5-12H2,(H,27,28)(H,29,35). The summed E-state index contributed by atoms with van der Waals surface area (Å²) >= 11 is 0. The van der Waals surface area contributed by atoms with Crippen LogP contribution in [0.3, 0.4) is 0 Å². The summed E-state index contributed by atoms with van der Waals surface area (Å²) < 4.78 is 46.3. The van der Waals surface area contributed by atoms with Crippen LogP contribution in [-0.4, -0.2) is 80.1 Å². The Hall–Kier alpha value is -3.94. The number of piperazine rings is 1. The Morgan fingerprint density at radius 1 is 1.11 bits per heavy atom. The van der Waals surface area contributed by atoms with Gasteiger partial charge in [0.15, 0.2) is 5.69 Å². The molecule has 4 aromatic rings. The molecule has 36 heavy (non-hydrogen) atoms. The van der Waals surface area contributed by atoms with E-state index >= 15 is 0 Å². The number of hydrogen-bond acceptors (Lipinski definition) is 7. The highest BCUT2D eigenvalue weighted by Gasteiger charge is 2.38.